The Kier molecular flexibility index (Phi) is 5.84. The fraction of sp³-hybridized carbons (Fsp3) is 0.448. The molecule has 0 amide bonds. The maximum Gasteiger partial charge on any atom is 0.332 e. The van der Waals surface area contributed by atoms with E-state index in [0.29, 0.717) is 58.8 Å². The Balaban J connectivity index is 1.72. The lowest BCUT2D eigenvalue weighted by Gasteiger charge is -2.20. The fourth-order valence-corrected chi connectivity index (χ4v) is 6.83. The van der Waals surface area contributed by atoms with Crippen molar-refractivity contribution in [1.82, 2.24) is 47.8 Å². The molecule has 0 aliphatic heterocycles. The lowest BCUT2D eigenvalue weighted by atomic mass is 9.91. The molecule has 1 aliphatic rings. The Morgan fingerprint density at radius 3 is 1.37 bits per heavy atom. The van der Waals surface area contributed by atoms with Crippen molar-refractivity contribution in [3.05, 3.63) is 52.8 Å². The van der Waals surface area contributed by atoms with E-state index in [1.54, 1.807) is 14.1 Å². The van der Waals surface area contributed by atoms with Gasteiger partial charge in [0.25, 0.3) is 11.1 Å². The van der Waals surface area contributed by atoms with Crippen molar-refractivity contribution >= 4 is 44.1 Å². The first kappa shape index (κ1) is 27.0. The van der Waals surface area contributed by atoms with Crippen molar-refractivity contribution in [3.8, 4) is 11.4 Å². The highest BCUT2D eigenvalue weighted by molar-refractivity contribution is 6.11. The molecule has 14 nitrogen and oxygen atoms in total. The third-order valence-corrected chi connectivity index (χ3v) is 8.95. The Hall–Kier alpha value is -4.88. The van der Waals surface area contributed by atoms with Gasteiger partial charge >= 0.3 is 11.4 Å². The van der Waals surface area contributed by atoms with Gasteiger partial charge in [0.1, 0.15) is 0 Å². The molecule has 0 fully saturated rings. The van der Waals surface area contributed by atoms with Crippen molar-refractivity contribution in [2.45, 2.75) is 59.0 Å². The quantitative estimate of drug-likeness (QED) is 0.294. The highest BCUT2D eigenvalue weighted by atomic mass is 16.2. The number of hydrogen-bond acceptors (Lipinski definition) is 8. The van der Waals surface area contributed by atoms with Crippen LogP contribution in [0.5, 0.6) is 0 Å². The zero-order valence-corrected chi connectivity index (χ0v) is 25.1. The van der Waals surface area contributed by atoms with Gasteiger partial charge < -0.3 is 9.13 Å². The predicted molar refractivity (Wildman–Crippen MR) is 163 cm³/mol. The molecule has 7 rings (SSSR count). The van der Waals surface area contributed by atoms with Crippen molar-refractivity contribution in [2.24, 2.45) is 28.2 Å². The second-order valence-electron chi connectivity index (χ2n) is 11.4. The normalized spacial score (nSPS) is 13.1. The van der Waals surface area contributed by atoms with Crippen LogP contribution in [0.15, 0.2) is 19.2 Å². The van der Waals surface area contributed by atoms with Gasteiger partial charge in [-0.05, 0) is 36.8 Å². The summed E-state index contributed by atoms with van der Waals surface area (Å²) in [5.41, 5.74) is 3.70. The molecule has 0 bridgehead atoms. The zero-order chi connectivity index (χ0) is 30.5. The molecular formula is C29H32N10O4. The summed E-state index contributed by atoms with van der Waals surface area (Å²) in [7, 11) is 6.15. The van der Waals surface area contributed by atoms with Crippen molar-refractivity contribution in [3.63, 3.8) is 0 Å². The Morgan fingerprint density at radius 2 is 0.953 bits per heavy atom. The summed E-state index contributed by atoms with van der Waals surface area (Å²) < 4.78 is 9.21. The van der Waals surface area contributed by atoms with Crippen LogP contribution in [0.1, 0.15) is 44.2 Å². The molecule has 14 heteroatoms. The van der Waals surface area contributed by atoms with Gasteiger partial charge in [-0.3, -0.25) is 27.9 Å². The number of fused-ring (bicyclic) bond motifs is 11. The SMILES string of the molecule is CCCCn1c2c(c3c4c(=O)n(C)c(=O)n(C)c4nnc31)CCc1c-2n(CCC)c2nnc3c(c(=O)n(C)c(=O)n3C)c12. The van der Waals surface area contributed by atoms with E-state index in [1.165, 1.54) is 23.2 Å². The molecule has 6 heterocycles. The summed E-state index contributed by atoms with van der Waals surface area (Å²) in [6, 6.07) is 0. The van der Waals surface area contributed by atoms with Crippen LogP contribution < -0.4 is 22.5 Å². The van der Waals surface area contributed by atoms with Gasteiger partial charge in [0.2, 0.25) is 0 Å². The number of aromatic nitrogens is 10. The molecule has 0 N–H and O–H groups in total. The molecule has 0 unspecified atom stereocenters. The van der Waals surface area contributed by atoms with E-state index in [0.717, 1.165) is 50.9 Å². The first-order valence-electron chi connectivity index (χ1n) is 14.6. The molecule has 0 atom stereocenters. The van der Waals surface area contributed by atoms with Crippen LogP contribution in [0.4, 0.5) is 0 Å². The monoisotopic (exact) mass is 584 g/mol. The summed E-state index contributed by atoms with van der Waals surface area (Å²) >= 11 is 0. The second-order valence-corrected chi connectivity index (χ2v) is 11.4. The highest BCUT2D eigenvalue weighted by Gasteiger charge is 2.34. The minimum Gasteiger partial charge on any atom is -0.322 e. The van der Waals surface area contributed by atoms with Crippen LogP contribution in [0.2, 0.25) is 0 Å². The molecule has 1 aliphatic carbocycles. The summed E-state index contributed by atoms with van der Waals surface area (Å²) in [6.45, 7) is 5.46. The lowest BCUT2D eigenvalue weighted by molar-refractivity contribution is 0.634. The maximum atomic E-state index is 13.6. The maximum absolute atomic E-state index is 13.6. The molecule has 0 radical (unpaired) electrons. The molecule has 6 aromatic rings. The first-order valence-corrected chi connectivity index (χ1v) is 14.6. The van der Waals surface area contributed by atoms with Gasteiger partial charge in [0, 0.05) is 52.1 Å². The third kappa shape index (κ3) is 3.34. The predicted octanol–water partition coefficient (Wildman–Crippen LogP) is 1.25. The minimum atomic E-state index is -0.462. The van der Waals surface area contributed by atoms with Gasteiger partial charge in [-0.2, -0.15) is 0 Å². The number of nitrogens with zero attached hydrogens (tertiary/aromatic N) is 10. The first-order chi connectivity index (χ1) is 20.6. The summed E-state index contributed by atoms with van der Waals surface area (Å²) in [4.78, 5) is 52.7. The van der Waals surface area contributed by atoms with Gasteiger partial charge in [-0.15, -0.1) is 20.4 Å². The largest absolute Gasteiger partial charge is 0.332 e. The van der Waals surface area contributed by atoms with Crippen molar-refractivity contribution in [2.75, 3.05) is 0 Å². The summed E-state index contributed by atoms with van der Waals surface area (Å²) in [5.74, 6) is 0. The molecule has 222 valence electrons. The Labute approximate surface area is 243 Å². The Bertz CT molecular complexity index is 2430. The standard InChI is InChI=1S/C29H32N10O4/c1-7-9-13-39-21-15(17-19-23(31-33-25(17)39)35(4)29(43)37(6)27(19)41)11-10-14-16-18-22(34(3)28(42)36(5)26(18)40)30-32-24(16)38(12-8-2)20(14)21/h7-13H2,1-6H3. The molecule has 0 aromatic carbocycles. The number of aryl methyl sites for hydroxylation is 6. The van der Waals surface area contributed by atoms with Crippen LogP contribution in [0, 0.1) is 0 Å². The van der Waals surface area contributed by atoms with E-state index in [9.17, 15) is 19.2 Å². The van der Waals surface area contributed by atoms with E-state index in [4.69, 9.17) is 0 Å². The van der Waals surface area contributed by atoms with E-state index >= 15 is 0 Å². The van der Waals surface area contributed by atoms with Gasteiger partial charge in [-0.1, -0.05) is 20.3 Å². The average molecular weight is 585 g/mol. The van der Waals surface area contributed by atoms with Gasteiger partial charge in [0.15, 0.2) is 22.6 Å². The number of unbranched alkanes of at least 4 members (excludes halogenated alkanes) is 1. The number of hydrogen-bond donors (Lipinski definition) is 0. The van der Waals surface area contributed by atoms with Crippen LogP contribution in [0.25, 0.3) is 55.5 Å². The highest BCUT2D eigenvalue weighted by Crippen LogP contribution is 2.45. The van der Waals surface area contributed by atoms with E-state index in [-0.39, 0.29) is 11.3 Å². The molecule has 0 saturated carbocycles. The van der Waals surface area contributed by atoms with E-state index in [1.807, 2.05) is 0 Å². The molecule has 6 aromatic heterocycles. The topological polar surface area (TPSA) is 149 Å². The second kappa shape index (κ2) is 9.31. The van der Waals surface area contributed by atoms with Crippen LogP contribution in [-0.4, -0.2) is 47.8 Å². The number of rotatable bonds is 5. The van der Waals surface area contributed by atoms with E-state index < -0.39 is 22.5 Å². The Morgan fingerprint density at radius 1 is 0.535 bits per heavy atom. The lowest BCUT2D eigenvalue weighted by Crippen LogP contribution is -2.37. The van der Waals surface area contributed by atoms with Gasteiger partial charge in [-0.25, -0.2) is 9.59 Å². The van der Waals surface area contributed by atoms with Crippen molar-refractivity contribution in [1.29, 1.82) is 0 Å². The average Bonchev–Trinajstić information content (AvgIpc) is 3.51. The molecule has 0 saturated heterocycles. The summed E-state index contributed by atoms with van der Waals surface area (Å²) in [6.07, 6.45) is 3.76. The van der Waals surface area contributed by atoms with Gasteiger partial charge in [0.05, 0.1) is 22.2 Å². The summed E-state index contributed by atoms with van der Waals surface area (Å²) in [5, 5.41) is 20.1. The van der Waals surface area contributed by atoms with E-state index in [2.05, 4.69) is 43.4 Å². The zero-order valence-electron chi connectivity index (χ0n) is 25.1. The molecule has 0 spiro atoms. The smallest absolute Gasteiger partial charge is 0.322 e. The van der Waals surface area contributed by atoms with Crippen LogP contribution in [-0.2, 0) is 54.1 Å². The van der Waals surface area contributed by atoms with Crippen molar-refractivity contribution < 1.29 is 0 Å². The third-order valence-electron chi connectivity index (χ3n) is 8.95. The van der Waals surface area contributed by atoms with Crippen LogP contribution in [0.3, 0.4) is 0 Å². The fourth-order valence-electron chi connectivity index (χ4n) is 6.83. The van der Waals surface area contributed by atoms with Crippen LogP contribution >= 0.6 is 0 Å². The minimum absolute atomic E-state index is 0.246. The molecular weight excluding hydrogens is 552 g/mol. The molecule has 43 heavy (non-hydrogen) atoms.